The molecule has 0 aliphatic carbocycles. The quantitative estimate of drug-likeness (QED) is 0.197. The van der Waals surface area contributed by atoms with E-state index in [0.717, 1.165) is 37.7 Å². The van der Waals surface area contributed by atoms with Gasteiger partial charge in [-0.25, -0.2) is 0 Å². The maximum absolute atomic E-state index is 13.1. The summed E-state index contributed by atoms with van der Waals surface area (Å²) in [7, 11) is 0. The second kappa shape index (κ2) is 6.13. The van der Waals surface area contributed by atoms with E-state index in [-0.39, 0.29) is 11.6 Å². The number of benzene rings is 5. The third-order valence-corrected chi connectivity index (χ3v) is 5.85. The normalized spacial score (nSPS) is 11.8. The molecule has 0 bridgehead atoms. The first-order valence-electron chi connectivity index (χ1n) is 9.84. The predicted molar refractivity (Wildman–Crippen MR) is 117 cm³/mol. The zero-order chi connectivity index (χ0) is 19.4. The summed E-state index contributed by atoms with van der Waals surface area (Å²) in [5.74, 6) is 0.0475. The summed E-state index contributed by atoms with van der Waals surface area (Å²) >= 11 is 0. The monoisotopic (exact) mass is 364 g/mol. The number of rotatable bonds is 4. The van der Waals surface area contributed by atoms with E-state index in [1.807, 2.05) is 38.1 Å². The van der Waals surface area contributed by atoms with Crippen molar-refractivity contribution in [2.24, 2.45) is 0 Å². The van der Waals surface area contributed by atoms with Crippen molar-refractivity contribution in [3.8, 4) is 0 Å². The average molecular weight is 364 g/mol. The smallest absolute Gasteiger partial charge is 0.163 e. The maximum Gasteiger partial charge on any atom is 0.163 e. The fourth-order valence-electron chi connectivity index (χ4n) is 4.60. The second-order valence-electron chi connectivity index (χ2n) is 7.34. The van der Waals surface area contributed by atoms with E-state index in [2.05, 4.69) is 36.4 Å². The molecule has 136 valence electrons. The number of Topliss-reactive ketones (excluding diaryl/α,β-unsaturated/α-hetero) is 2. The van der Waals surface area contributed by atoms with Crippen molar-refractivity contribution < 1.29 is 9.59 Å². The van der Waals surface area contributed by atoms with Gasteiger partial charge in [0.1, 0.15) is 0 Å². The molecule has 0 N–H and O–H groups in total. The molecule has 0 unspecified atom stereocenters. The molecule has 0 aromatic heterocycles. The Hall–Kier alpha value is -3.26. The van der Waals surface area contributed by atoms with Crippen molar-refractivity contribution in [2.75, 3.05) is 0 Å². The zero-order valence-corrected chi connectivity index (χ0v) is 16.0. The highest BCUT2D eigenvalue weighted by atomic mass is 16.1. The van der Waals surface area contributed by atoms with Crippen molar-refractivity contribution in [1.82, 2.24) is 0 Å². The van der Waals surface area contributed by atoms with Crippen LogP contribution in [0.3, 0.4) is 0 Å². The third-order valence-electron chi connectivity index (χ3n) is 5.85. The molecule has 0 saturated carbocycles. The molecule has 0 radical (unpaired) electrons. The predicted octanol–water partition coefficient (Wildman–Crippen LogP) is 6.92. The molecular formula is C26H20O2. The molecule has 5 aromatic rings. The lowest BCUT2D eigenvalue weighted by molar-refractivity contribution is 0.0957. The Labute approximate surface area is 163 Å². The third kappa shape index (κ3) is 2.15. The van der Waals surface area contributed by atoms with Crippen molar-refractivity contribution in [2.45, 2.75) is 26.7 Å². The van der Waals surface area contributed by atoms with Crippen molar-refractivity contribution in [3.05, 3.63) is 71.8 Å². The van der Waals surface area contributed by atoms with Gasteiger partial charge in [-0.15, -0.1) is 0 Å². The molecule has 5 rings (SSSR count). The van der Waals surface area contributed by atoms with Crippen LogP contribution in [0.5, 0.6) is 0 Å². The molecule has 0 heterocycles. The fourth-order valence-corrected chi connectivity index (χ4v) is 4.60. The molecule has 0 saturated heterocycles. The van der Waals surface area contributed by atoms with E-state index < -0.39 is 0 Å². The van der Waals surface area contributed by atoms with Crippen LogP contribution >= 0.6 is 0 Å². The van der Waals surface area contributed by atoms with Crippen LogP contribution in [0, 0.1) is 0 Å². The van der Waals surface area contributed by atoms with Gasteiger partial charge in [-0.1, -0.05) is 68.4 Å². The summed E-state index contributed by atoms with van der Waals surface area (Å²) in [5, 5.41) is 8.73. The first-order chi connectivity index (χ1) is 13.7. The second-order valence-corrected chi connectivity index (χ2v) is 7.34. The Morgan fingerprint density at radius 2 is 1.21 bits per heavy atom. The van der Waals surface area contributed by atoms with Crippen LogP contribution in [-0.4, -0.2) is 11.6 Å². The topological polar surface area (TPSA) is 34.1 Å². The van der Waals surface area contributed by atoms with E-state index >= 15 is 0 Å². The van der Waals surface area contributed by atoms with Crippen LogP contribution in [0.15, 0.2) is 60.7 Å². The van der Waals surface area contributed by atoms with Gasteiger partial charge in [0.05, 0.1) is 0 Å². The van der Waals surface area contributed by atoms with E-state index in [1.54, 1.807) is 0 Å². The van der Waals surface area contributed by atoms with E-state index in [0.29, 0.717) is 24.0 Å². The van der Waals surface area contributed by atoms with Gasteiger partial charge in [-0.05, 0) is 43.8 Å². The minimum atomic E-state index is 0.0198. The molecule has 0 fully saturated rings. The Morgan fingerprint density at radius 3 is 1.86 bits per heavy atom. The van der Waals surface area contributed by atoms with Crippen LogP contribution in [0.4, 0.5) is 0 Å². The standard InChI is InChI=1S/C26H20O2/c1-3-21(27)20-14-16-10-7-12-18-17-11-5-8-15-9-6-13-19(23(15)17)26(24(16)18)25(20)22(28)4-2/h5-14H,3-4H2,1-2H3. The first-order valence-corrected chi connectivity index (χ1v) is 9.84. The molecule has 2 heteroatoms. The van der Waals surface area contributed by atoms with Crippen LogP contribution in [0.1, 0.15) is 47.4 Å². The summed E-state index contributed by atoms with van der Waals surface area (Å²) in [4.78, 5) is 25.9. The van der Waals surface area contributed by atoms with Crippen LogP contribution in [-0.2, 0) is 0 Å². The lowest BCUT2D eigenvalue weighted by Crippen LogP contribution is -2.09. The maximum atomic E-state index is 13.1. The van der Waals surface area contributed by atoms with Gasteiger partial charge in [0.15, 0.2) is 11.6 Å². The van der Waals surface area contributed by atoms with Gasteiger partial charge in [0, 0.05) is 29.4 Å². The highest BCUT2D eigenvalue weighted by Crippen LogP contribution is 2.43. The van der Waals surface area contributed by atoms with Crippen molar-refractivity contribution in [3.63, 3.8) is 0 Å². The minimum absolute atomic E-state index is 0.0198. The number of hydrogen-bond donors (Lipinski definition) is 0. The lowest BCUT2D eigenvalue weighted by Gasteiger charge is -2.19. The molecule has 0 aliphatic heterocycles. The summed E-state index contributed by atoms with van der Waals surface area (Å²) in [6.07, 6.45) is 0.762. The lowest BCUT2D eigenvalue weighted by atomic mass is 9.83. The average Bonchev–Trinajstić information content (AvgIpc) is 2.75. The highest BCUT2D eigenvalue weighted by molar-refractivity contribution is 6.37. The minimum Gasteiger partial charge on any atom is -0.294 e. The molecule has 0 amide bonds. The van der Waals surface area contributed by atoms with Crippen LogP contribution < -0.4 is 0 Å². The van der Waals surface area contributed by atoms with E-state index in [1.165, 1.54) is 5.39 Å². The molecule has 0 atom stereocenters. The van der Waals surface area contributed by atoms with Gasteiger partial charge < -0.3 is 0 Å². The van der Waals surface area contributed by atoms with Gasteiger partial charge in [0.2, 0.25) is 0 Å². The Morgan fingerprint density at radius 1 is 0.643 bits per heavy atom. The first kappa shape index (κ1) is 16.9. The summed E-state index contributed by atoms with van der Waals surface area (Å²) < 4.78 is 0. The molecular weight excluding hydrogens is 344 g/mol. The van der Waals surface area contributed by atoms with E-state index in [4.69, 9.17) is 0 Å². The molecule has 28 heavy (non-hydrogen) atoms. The SMILES string of the molecule is CCC(=O)c1cc2cccc3c4cccc5cccc(c(c1C(=O)CC)c23)c54. The van der Waals surface area contributed by atoms with Gasteiger partial charge in [-0.3, -0.25) is 9.59 Å². The zero-order valence-electron chi connectivity index (χ0n) is 16.0. The number of carbonyl (C=O) groups excluding carboxylic acids is 2. The van der Waals surface area contributed by atoms with Gasteiger partial charge in [-0.2, -0.15) is 0 Å². The van der Waals surface area contributed by atoms with E-state index in [9.17, 15) is 9.59 Å². The van der Waals surface area contributed by atoms with Gasteiger partial charge in [0.25, 0.3) is 0 Å². The van der Waals surface area contributed by atoms with Crippen LogP contribution in [0.2, 0.25) is 0 Å². The number of fused-ring (bicyclic) bond motifs is 2. The number of hydrogen-bond acceptors (Lipinski definition) is 2. The summed E-state index contributed by atoms with van der Waals surface area (Å²) in [6, 6.07) is 20.7. The molecule has 5 aromatic carbocycles. The summed E-state index contributed by atoms with van der Waals surface area (Å²) in [6.45, 7) is 3.72. The Kier molecular flexibility index (Phi) is 3.70. The van der Waals surface area contributed by atoms with Crippen molar-refractivity contribution >= 4 is 54.7 Å². The van der Waals surface area contributed by atoms with Crippen molar-refractivity contribution in [1.29, 1.82) is 0 Å². The Bertz CT molecular complexity index is 1400. The summed E-state index contributed by atoms with van der Waals surface area (Å²) in [5.41, 5.74) is 1.15. The highest BCUT2D eigenvalue weighted by Gasteiger charge is 2.23. The van der Waals surface area contributed by atoms with Gasteiger partial charge >= 0.3 is 0 Å². The Balaban J connectivity index is 2.18. The number of ketones is 2. The fraction of sp³-hybridized carbons (Fsp3) is 0.154. The molecule has 0 aliphatic rings. The van der Waals surface area contributed by atoms with Crippen LogP contribution in [0.25, 0.3) is 43.1 Å². The molecule has 2 nitrogen and oxygen atoms in total. The molecule has 0 spiro atoms. The largest absolute Gasteiger partial charge is 0.294 e. The number of carbonyl (C=O) groups is 2.